The van der Waals surface area contributed by atoms with E-state index in [0.29, 0.717) is 12.0 Å². The summed E-state index contributed by atoms with van der Waals surface area (Å²) in [4.78, 5) is 8.81. The Hall–Kier alpha value is -0.650. The second-order valence-electron chi connectivity index (χ2n) is 6.47. The Labute approximate surface area is 132 Å². The number of thiazole rings is 1. The van der Waals surface area contributed by atoms with Gasteiger partial charge in [-0.3, -0.25) is 0 Å². The number of anilines is 1. The largest absolute Gasteiger partial charge is 0.383 e. The first-order valence-electron chi connectivity index (χ1n) is 7.98. The lowest BCUT2D eigenvalue weighted by Crippen LogP contribution is -2.26. The van der Waals surface area contributed by atoms with Gasteiger partial charge in [0.1, 0.15) is 0 Å². The van der Waals surface area contributed by atoms with Gasteiger partial charge in [0.15, 0.2) is 5.13 Å². The van der Waals surface area contributed by atoms with Gasteiger partial charge in [0.05, 0.1) is 12.3 Å². The lowest BCUT2D eigenvalue weighted by molar-refractivity contribution is 0.199. The van der Waals surface area contributed by atoms with Gasteiger partial charge in [0.25, 0.3) is 0 Å². The molecule has 0 aromatic carbocycles. The molecule has 0 aliphatic carbocycles. The first-order valence-corrected chi connectivity index (χ1v) is 8.80. The van der Waals surface area contributed by atoms with Crippen LogP contribution in [-0.2, 0) is 11.3 Å². The maximum atomic E-state index is 5.09. The molecule has 4 nitrogen and oxygen atoms in total. The molecule has 1 saturated heterocycles. The molecule has 120 valence electrons. The van der Waals surface area contributed by atoms with Gasteiger partial charge in [0.2, 0.25) is 0 Å². The Morgan fingerprint density at radius 2 is 2.19 bits per heavy atom. The molecule has 2 unspecified atom stereocenters. The summed E-state index contributed by atoms with van der Waals surface area (Å²) in [6.07, 6.45) is 1.28. The lowest BCUT2D eigenvalue weighted by Gasteiger charge is -2.20. The molecule has 0 spiro atoms. The molecular weight excluding hydrogens is 282 g/mol. The third-order valence-electron chi connectivity index (χ3n) is 4.06. The monoisotopic (exact) mass is 311 g/mol. The number of hydrogen-bond donors (Lipinski definition) is 1. The van der Waals surface area contributed by atoms with Gasteiger partial charge in [-0.1, -0.05) is 20.8 Å². The Kier molecular flexibility index (Phi) is 6.02. The molecule has 1 fully saturated rings. The Bertz CT molecular complexity index is 447. The van der Waals surface area contributed by atoms with E-state index >= 15 is 0 Å². The summed E-state index contributed by atoms with van der Waals surface area (Å²) in [5.41, 5.74) is 1.26. The molecule has 1 aliphatic heterocycles. The SMILES string of the molecule is COCCNCc1sc(N2CC(C)CC2C)nc1C(C)C. The summed E-state index contributed by atoms with van der Waals surface area (Å²) < 4.78 is 5.09. The van der Waals surface area contributed by atoms with Crippen molar-refractivity contribution in [2.75, 3.05) is 31.7 Å². The molecule has 1 aromatic heterocycles. The second kappa shape index (κ2) is 7.56. The zero-order valence-electron chi connectivity index (χ0n) is 14.0. The van der Waals surface area contributed by atoms with E-state index in [2.05, 4.69) is 37.9 Å². The number of hydrogen-bond acceptors (Lipinski definition) is 5. The van der Waals surface area contributed by atoms with E-state index in [1.165, 1.54) is 22.1 Å². The van der Waals surface area contributed by atoms with E-state index in [1.807, 2.05) is 11.3 Å². The third-order valence-corrected chi connectivity index (χ3v) is 5.17. The minimum Gasteiger partial charge on any atom is -0.383 e. The molecule has 21 heavy (non-hydrogen) atoms. The van der Waals surface area contributed by atoms with Crippen LogP contribution in [0, 0.1) is 5.92 Å². The van der Waals surface area contributed by atoms with Crippen LogP contribution in [0.25, 0.3) is 0 Å². The van der Waals surface area contributed by atoms with Crippen molar-refractivity contribution in [2.45, 2.75) is 52.6 Å². The number of rotatable bonds is 7. The highest BCUT2D eigenvalue weighted by Crippen LogP contribution is 2.35. The summed E-state index contributed by atoms with van der Waals surface area (Å²) in [5, 5.41) is 4.66. The Morgan fingerprint density at radius 3 is 2.76 bits per heavy atom. The Morgan fingerprint density at radius 1 is 1.43 bits per heavy atom. The molecule has 2 rings (SSSR count). The highest BCUT2D eigenvalue weighted by atomic mass is 32.1. The van der Waals surface area contributed by atoms with Crippen molar-refractivity contribution in [1.82, 2.24) is 10.3 Å². The normalized spacial score (nSPS) is 22.5. The van der Waals surface area contributed by atoms with Crippen molar-refractivity contribution >= 4 is 16.5 Å². The van der Waals surface area contributed by atoms with Gasteiger partial charge in [-0.25, -0.2) is 4.98 Å². The minimum absolute atomic E-state index is 0.476. The van der Waals surface area contributed by atoms with Gasteiger partial charge in [-0.2, -0.15) is 0 Å². The fourth-order valence-electron chi connectivity index (χ4n) is 2.99. The van der Waals surface area contributed by atoms with E-state index in [0.717, 1.165) is 32.2 Å². The van der Waals surface area contributed by atoms with Crippen LogP contribution in [-0.4, -0.2) is 37.8 Å². The van der Waals surface area contributed by atoms with Crippen molar-refractivity contribution in [3.8, 4) is 0 Å². The molecule has 0 bridgehead atoms. The predicted molar refractivity (Wildman–Crippen MR) is 90.4 cm³/mol. The van der Waals surface area contributed by atoms with Crippen LogP contribution in [0.1, 0.15) is 50.6 Å². The van der Waals surface area contributed by atoms with Crippen molar-refractivity contribution < 1.29 is 4.74 Å². The lowest BCUT2D eigenvalue weighted by atomic mass is 10.1. The molecule has 2 heterocycles. The van der Waals surface area contributed by atoms with Gasteiger partial charge < -0.3 is 15.0 Å². The molecule has 1 aliphatic rings. The molecule has 0 radical (unpaired) electrons. The fraction of sp³-hybridized carbons (Fsp3) is 0.812. The average molecular weight is 311 g/mol. The zero-order chi connectivity index (χ0) is 15.4. The standard InChI is InChI=1S/C16H29N3OS/c1-11(2)15-14(9-17-6-7-20-5)21-16(18-15)19-10-12(3)8-13(19)4/h11-13,17H,6-10H2,1-5H3. The van der Waals surface area contributed by atoms with Crippen molar-refractivity contribution in [3.05, 3.63) is 10.6 Å². The molecule has 5 heteroatoms. The van der Waals surface area contributed by atoms with E-state index in [9.17, 15) is 0 Å². The summed E-state index contributed by atoms with van der Waals surface area (Å²) >= 11 is 1.86. The average Bonchev–Trinajstić information content (AvgIpc) is 2.98. The molecular formula is C16H29N3OS. The van der Waals surface area contributed by atoms with Gasteiger partial charge in [-0.05, 0) is 25.2 Å². The maximum absolute atomic E-state index is 5.09. The van der Waals surface area contributed by atoms with Crippen molar-refractivity contribution in [3.63, 3.8) is 0 Å². The molecule has 0 amide bonds. The van der Waals surface area contributed by atoms with Crippen LogP contribution >= 0.6 is 11.3 Å². The Balaban J connectivity index is 2.09. The minimum atomic E-state index is 0.476. The highest BCUT2D eigenvalue weighted by molar-refractivity contribution is 7.15. The van der Waals surface area contributed by atoms with E-state index in [-0.39, 0.29) is 0 Å². The van der Waals surface area contributed by atoms with Crippen LogP contribution in [0.15, 0.2) is 0 Å². The quantitative estimate of drug-likeness (QED) is 0.785. The molecule has 1 aromatic rings. The third kappa shape index (κ3) is 4.18. The van der Waals surface area contributed by atoms with Crippen LogP contribution in [0.3, 0.4) is 0 Å². The summed E-state index contributed by atoms with van der Waals surface area (Å²) in [5.74, 6) is 1.25. The first kappa shape index (κ1) is 16.7. The number of methoxy groups -OCH3 is 1. The summed E-state index contributed by atoms with van der Waals surface area (Å²) in [7, 11) is 1.74. The molecule has 0 saturated carbocycles. The van der Waals surface area contributed by atoms with Crippen LogP contribution < -0.4 is 10.2 Å². The number of nitrogens with zero attached hydrogens (tertiary/aromatic N) is 2. The van der Waals surface area contributed by atoms with Crippen LogP contribution in [0.5, 0.6) is 0 Å². The zero-order valence-corrected chi connectivity index (χ0v) is 14.8. The fourth-order valence-corrected chi connectivity index (χ4v) is 4.29. The van der Waals surface area contributed by atoms with Crippen LogP contribution in [0.2, 0.25) is 0 Å². The van der Waals surface area contributed by atoms with Gasteiger partial charge in [-0.15, -0.1) is 11.3 Å². The van der Waals surface area contributed by atoms with E-state index < -0.39 is 0 Å². The summed E-state index contributed by atoms with van der Waals surface area (Å²) in [6.45, 7) is 12.8. The predicted octanol–water partition coefficient (Wildman–Crippen LogP) is 3.24. The topological polar surface area (TPSA) is 37.4 Å². The number of ether oxygens (including phenoxy) is 1. The van der Waals surface area contributed by atoms with E-state index in [4.69, 9.17) is 9.72 Å². The van der Waals surface area contributed by atoms with Gasteiger partial charge in [0, 0.05) is 37.7 Å². The highest BCUT2D eigenvalue weighted by Gasteiger charge is 2.29. The van der Waals surface area contributed by atoms with E-state index in [1.54, 1.807) is 7.11 Å². The van der Waals surface area contributed by atoms with Crippen molar-refractivity contribution in [1.29, 1.82) is 0 Å². The maximum Gasteiger partial charge on any atom is 0.186 e. The second-order valence-corrected chi connectivity index (χ2v) is 7.53. The van der Waals surface area contributed by atoms with Crippen molar-refractivity contribution in [2.24, 2.45) is 5.92 Å². The first-order chi connectivity index (χ1) is 10.0. The van der Waals surface area contributed by atoms with Gasteiger partial charge >= 0.3 is 0 Å². The van der Waals surface area contributed by atoms with Crippen LogP contribution in [0.4, 0.5) is 5.13 Å². The molecule has 1 N–H and O–H groups in total. The smallest absolute Gasteiger partial charge is 0.186 e. The number of nitrogens with one attached hydrogen (secondary N) is 1. The molecule has 2 atom stereocenters. The number of aromatic nitrogens is 1. The summed E-state index contributed by atoms with van der Waals surface area (Å²) in [6, 6.07) is 0.612.